The molecular formula is C18H17F4N3O2. The van der Waals surface area contributed by atoms with Crippen molar-refractivity contribution in [1.29, 1.82) is 0 Å². The maximum absolute atomic E-state index is 13.3. The molecule has 0 aliphatic carbocycles. The molecule has 2 N–H and O–H groups in total. The van der Waals surface area contributed by atoms with Crippen molar-refractivity contribution in [2.45, 2.75) is 25.3 Å². The fourth-order valence-electron chi connectivity index (χ4n) is 2.77. The number of carbonyl (C=O) groups excluding carboxylic acids is 1. The molecule has 1 atom stereocenters. The molecule has 1 aromatic carbocycles. The Bertz CT molecular complexity index is 842. The highest BCUT2D eigenvalue weighted by atomic mass is 19.4. The molecule has 9 heteroatoms. The summed E-state index contributed by atoms with van der Waals surface area (Å²) in [5, 5.41) is 0. The van der Waals surface area contributed by atoms with Gasteiger partial charge in [-0.25, -0.2) is 9.37 Å². The first-order chi connectivity index (χ1) is 12.8. The van der Waals surface area contributed by atoms with Gasteiger partial charge in [0, 0.05) is 24.7 Å². The predicted octanol–water partition coefficient (Wildman–Crippen LogP) is 3.54. The van der Waals surface area contributed by atoms with Crippen molar-refractivity contribution >= 4 is 5.91 Å². The van der Waals surface area contributed by atoms with Gasteiger partial charge in [-0.3, -0.25) is 4.79 Å². The van der Waals surface area contributed by atoms with Crippen LogP contribution in [0.5, 0.6) is 11.6 Å². The van der Waals surface area contributed by atoms with Gasteiger partial charge in [-0.05, 0) is 36.2 Å². The van der Waals surface area contributed by atoms with Gasteiger partial charge < -0.3 is 15.4 Å². The lowest BCUT2D eigenvalue weighted by atomic mass is 10.2. The van der Waals surface area contributed by atoms with Crippen molar-refractivity contribution in [2.24, 2.45) is 5.73 Å². The number of nitrogens with two attached hydrogens (primary N) is 1. The number of aromatic nitrogens is 1. The SMILES string of the molecule is NCc1cc(Oc2cccc(C(=O)N3CC[C@H](F)C3)c2)nc(C(F)(F)F)c1. The number of ether oxygens (including phenoxy) is 1. The van der Waals surface area contributed by atoms with E-state index in [1.807, 2.05) is 0 Å². The third kappa shape index (κ3) is 4.54. The van der Waals surface area contributed by atoms with Crippen LogP contribution in [-0.2, 0) is 12.7 Å². The van der Waals surface area contributed by atoms with E-state index in [4.69, 9.17) is 10.5 Å². The number of halogens is 4. The van der Waals surface area contributed by atoms with Crippen LogP contribution in [0.3, 0.4) is 0 Å². The number of benzene rings is 1. The summed E-state index contributed by atoms with van der Waals surface area (Å²) >= 11 is 0. The van der Waals surface area contributed by atoms with E-state index >= 15 is 0 Å². The van der Waals surface area contributed by atoms with Crippen LogP contribution < -0.4 is 10.5 Å². The van der Waals surface area contributed by atoms with Gasteiger partial charge in [0.2, 0.25) is 5.88 Å². The first-order valence-electron chi connectivity index (χ1n) is 8.26. The average Bonchev–Trinajstić information content (AvgIpc) is 3.06. The lowest BCUT2D eigenvalue weighted by Gasteiger charge is -2.16. The molecule has 1 aromatic heterocycles. The summed E-state index contributed by atoms with van der Waals surface area (Å²) in [5.41, 5.74) is 4.80. The highest BCUT2D eigenvalue weighted by Crippen LogP contribution is 2.31. The number of carbonyl (C=O) groups is 1. The molecule has 144 valence electrons. The minimum absolute atomic E-state index is 0.0267. The maximum atomic E-state index is 13.3. The number of likely N-dealkylation sites (tertiary alicyclic amines) is 1. The summed E-state index contributed by atoms with van der Waals surface area (Å²) in [6.45, 7) is 0.235. The molecule has 0 saturated carbocycles. The predicted molar refractivity (Wildman–Crippen MR) is 89.1 cm³/mol. The van der Waals surface area contributed by atoms with Crippen LogP contribution in [-0.4, -0.2) is 35.1 Å². The molecule has 3 rings (SSSR count). The Morgan fingerprint density at radius 2 is 2.07 bits per heavy atom. The van der Waals surface area contributed by atoms with E-state index in [2.05, 4.69) is 4.98 Å². The topological polar surface area (TPSA) is 68.5 Å². The fraction of sp³-hybridized carbons (Fsp3) is 0.333. The zero-order chi connectivity index (χ0) is 19.6. The van der Waals surface area contributed by atoms with E-state index in [0.717, 1.165) is 6.07 Å². The number of nitrogens with zero attached hydrogens (tertiary/aromatic N) is 2. The Morgan fingerprint density at radius 3 is 2.70 bits per heavy atom. The number of alkyl halides is 4. The Hall–Kier alpha value is -2.68. The van der Waals surface area contributed by atoms with Gasteiger partial charge in [-0.1, -0.05) is 6.07 Å². The smallest absolute Gasteiger partial charge is 0.433 e. The molecule has 0 bridgehead atoms. The largest absolute Gasteiger partial charge is 0.439 e. The molecular weight excluding hydrogens is 366 g/mol. The minimum atomic E-state index is -4.64. The van der Waals surface area contributed by atoms with Crippen LogP contribution in [0.2, 0.25) is 0 Å². The molecule has 0 radical (unpaired) electrons. The average molecular weight is 383 g/mol. The van der Waals surface area contributed by atoms with Crippen molar-refractivity contribution in [1.82, 2.24) is 9.88 Å². The van der Waals surface area contributed by atoms with E-state index in [1.165, 1.54) is 35.2 Å². The van der Waals surface area contributed by atoms with Crippen LogP contribution in [0.15, 0.2) is 36.4 Å². The summed E-state index contributed by atoms with van der Waals surface area (Å²) in [7, 11) is 0. The third-order valence-electron chi connectivity index (χ3n) is 4.11. The second-order valence-corrected chi connectivity index (χ2v) is 6.17. The summed E-state index contributed by atoms with van der Waals surface area (Å²) in [6.07, 6.45) is -5.39. The molecule has 5 nitrogen and oxygen atoms in total. The Labute approximate surface area is 152 Å². The van der Waals surface area contributed by atoms with Crippen LogP contribution in [0.1, 0.15) is 28.0 Å². The minimum Gasteiger partial charge on any atom is -0.439 e. The van der Waals surface area contributed by atoms with Crippen molar-refractivity contribution < 1.29 is 27.1 Å². The number of pyridine rings is 1. The molecule has 1 aliphatic heterocycles. The van der Waals surface area contributed by atoms with E-state index in [0.29, 0.717) is 6.54 Å². The van der Waals surface area contributed by atoms with Gasteiger partial charge in [0.1, 0.15) is 17.6 Å². The molecule has 1 amide bonds. The maximum Gasteiger partial charge on any atom is 0.433 e. The van der Waals surface area contributed by atoms with E-state index in [1.54, 1.807) is 0 Å². The standard InChI is InChI=1S/C18H17F4N3O2/c19-13-4-5-25(10-13)17(26)12-2-1-3-14(8-12)27-16-7-11(9-23)6-15(24-16)18(20,21)22/h1-3,6-8,13H,4-5,9-10,23H2/t13-/m0/s1. The van der Waals surface area contributed by atoms with Gasteiger partial charge in [0.05, 0.1) is 6.54 Å². The van der Waals surface area contributed by atoms with E-state index in [9.17, 15) is 22.4 Å². The normalized spacial score (nSPS) is 17.2. The first kappa shape index (κ1) is 19.1. The number of rotatable bonds is 4. The lowest BCUT2D eigenvalue weighted by molar-refractivity contribution is -0.141. The highest BCUT2D eigenvalue weighted by Gasteiger charge is 2.33. The van der Waals surface area contributed by atoms with Gasteiger partial charge in [0.15, 0.2) is 0 Å². The third-order valence-corrected chi connectivity index (χ3v) is 4.11. The molecule has 1 fully saturated rings. The van der Waals surface area contributed by atoms with Crippen molar-refractivity contribution in [2.75, 3.05) is 13.1 Å². The highest BCUT2D eigenvalue weighted by molar-refractivity contribution is 5.94. The van der Waals surface area contributed by atoms with Gasteiger partial charge in [0.25, 0.3) is 5.91 Å². The second kappa shape index (κ2) is 7.51. The summed E-state index contributed by atoms with van der Waals surface area (Å²) < 4.78 is 57.6. The van der Waals surface area contributed by atoms with Crippen LogP contribution in [0.4, 0.5) is 17.6 Å². The van der Waals surface area contributed by atoms with Crippen LogP contribution >= 0.6 is 0 Å². The fourth-order valence-corrected chi connectivity index (χ4v) is 2.77. The van der Waals surface area contributed by atoms with Crippen LogP contribution in [0.25, 0.3) is 0 Å². The molecule has 0 unspecified atom stereocenters. The number of amides is 1. The molecule has 2 heterocycles. The summed E-state index contributed by atoms with van der Waals surface area (Å²) in [6, 6.07) is 8.10. The van der Waals surface area contributed by atoms with Crippen molar-refractivity contribution in [3.63, 3.8) is 0 Å². The molecule has 0 spiro atoms. The first-order valence-corrected chi connectivity index (χ1v) is 8.26. The summed E-state index contributed by atoms with van der Waals surface area (Å²) in [4.78, 5) is 17.3. The molecule has 1 aliphatic rings. The monoisotopic (exact) mass is 383 g/mol. The van der Waals surface area contributed by atoms with Crippen LogP contribution in [0, 0.1) is 0 Å². The molecule has 2 aromatic rings. The van der Waals surface area contributed by atoms with Gasteiger partial charge in [-0.15, -0.1) is 0 Å². The second-order valence-electron chi connectivity index (χ2n) is 6.17. The lowest BCUT2D eigenvalue weighted by Crippen LogP contribution is -2.28. The van der Waals surface area contributed by atoms with Gasteiger partial charge >= 0.3 is 6.18 Å². The molecule has 1 saturated heterocycles. The summed E-state index contributed by atoms with van der Waals surface area (Å²) in [5.74, 6) is -0.494. The Kier molecular flexibility index (Phi) is 5.31. The van der Waals surface area contributed by atoms with E-state index < -0.39 is 18.0 Å². The molecule has 27 heavy (non-hydrogen) atoms. The zero-order valence-electron chi connectivity index (χ0n) is 14.2. The zero-order valence-corrected chi connectivity index (χ0v) is 14.2. The Balaban J connectivity index is 1.83. The quantitative estimate of drug-likeness (QED) is 0.820. The number of hydrogen-bond donors (Lipinski definition) is 1. The number of hydrogen-bond acceptors (Lipinski definition) is 4. The van der Waals surface area contributed by atoms with Crippen molar-refractivity contribution in [3.05, 3.63) is 53.2 Å². The van der Waals surface area contributed by atoms with Crippen molar-refractivity contribution in [3.8, 4) is 11.6 Å². The Morgan fingerprint density at radius 1 is 1.30 bits per heavy atom. The van der Waals surface area contributed by atoms with Gasteiger partial charge in [-0.2, -0.15) is 13.2 Å². The van der Waals surface area contributed by atoms with E-state index in [-0.39, 0.29) is 48.2 Å².